The predicted molar refractivity (Wildman–Crippen MR) is 90.9 cm³/mol. The van der Waals surface area contributed by atoms with E-state index in [4.69, 9.17) is 4.74 Å². The number of amides is 1. The number of carbonyl (C=O) groups excluding carboxylic acids is 1. The van der Waals surface area contributed by atoms with Crippen molar-refractivity contribution in [1.82, 2.24) is 19.7 Å². The van der Waals surface area contributed by atoms with Gasteiger partial charge in [-0.25, -0.2) is 9.67 Å². The van der Waals surface area contributed by atoms with Gasteiger partial charge in [-0.15, -0.1) is 0 Å². The Morgan fingerprint density at radius 3 is 2.71 bits per heavy atom. The lowest BCUT2D eigenvalue weighted by atomic mass is 10.1. The highest BCUT2D eigenvalue weighted by atomic mass is 16.5. The van der Waals surface area contributed by atoms with Crippen molar-refractivity contribution in [2.24, 2.45) is 0 Å². The minimum absolute atomic E-state index is 0.0886. The van der Waals surface area contributed by atoms with Crippen LogP contribution in [0, 0.1) is 13.8 Å². The number of aromatic nitrogens is 3. The predicted octanol–water partition coefficient (Wildman–Crippen LogP) is 2.53. The standard InChI is InChI=1S/C18H24N4O2/c1-13-4-5-14(2)17(10-13)24-16-6-8-21(9-7-16)18(23)15(3)22-12-19-11-20-22/h4-5,10-12,15-16H,6-9H2,1-3H3. The van der Waals surface area contributed by atoms with Crippen LogP contribution in [0.5, 0.6) is 5.75 Å². The first-order valence-electron chi connectivity index (χ1n) is 8.41. The van der Waals surface area contributed by atoms with Gasteiger partial charge in [-0.3, -0.25) is 4.79 Å². The van der Waals surface area contributed by atoms with Gasteiger partial charge in [-0.1, -0.05) is 12.1 Å². The molecule has 128 valence electrons. The number of ether oxygens (including phenoxy) is 1. The van der Waals surface area contributed by atoms with E-state index in [-0.39, 0.29) is 18.1 Å². The van der Waals surface area contributed by atoms with Crippen LogP contribution in [0.2, 0.25) is 0 Å². The van der Waals surface area contributed by atoms with Gasteiger partial charge >= 0.3 is 0 Å². The second-order valence-electron chi connectivity index (χ2n) is 6.46. The van der Waals surface area contributed by atoms with Gasteiger partial charge in [-0.05, 0) is 38.0 Å². The molecular weight excluding hydrogens is 304 g/mol. The summed E-state index contributed by atoms with van der Waals surface area (Å²) >= 11 is 0. The lowest BCUT2D eigenvalue weighted by Gasteiger charge is -2.33. The van der Waals surface area contributed by atoms with E-state index in [0.29, 0.717) is 13.1 Å². The number of rotatable bonds is 4. The van der Waals surface area contributed by atoms with E-state index >= 15 is 0 Å². The number of likely N-dealkylation sites (tertiary alicyclic amines) is 1. The van der Waals surface area contributed by atoms with E-state index in [2.05, 4.69) is 42.1 Å². The maximum absolute atomic E-state index is 12.6. The van der Waals surface area contributed by atoms with Crippen molar-refractivity contribution in [3.63, 3.8) is 0 Å². The Morgan fingerprint density at radius 1 is 1.29 bits per heavy atom. The fourth-order valence-corrected chi connectivity index (χ4v) is 3.00. The van der Waals surface area contributed by atoms with Gasteiger partial charge in [0.05, 0.1) is 0 Å². The topological polar surface area (TPSA) is 60.2 Å². The van der Waals surface area contributed by atoms with Crippen molar-refractivity contribution in [1.29, 1.82) is 0 Å². The van der Waals surface area contributed by atoms with Gasteiger partial charge in [-0.2, -0.15) is 5.10 Å². The highest BCUT2D eigenvalue weighted by Gasteiger charge is 2.28. The van der Waals surface area contributed by atoms with Crippen molar-refractivity contribution < 1.29 is 9.53 Å². The second-order valence-corrected chi connectivity index (χ2v) is 6.46. The average Bonchev–Trinajstić information content (AvgIpc) is 3.12. The zero-order chi connectivity index (χ0) is 17.1. The smallest absolute Gasteiger partial charge is 0.247 e. The Bertz CT molecular complexity index is 691. The van der Waals surface area contributed by atoms with Crippen LogP contribution < -0.4 is 4.74 Å². The van der Waals surface area contributed by atoms with Crippen molar-refractivity contribution in [3.05, 3.63) is 42.0 Å². The molecule has 0 spiro atoms. The van der Waals surface area contributed by atoms with E-state index in [1.807, 2.05) is 11.8 Å². The Hall–Kier alpha value is -2.37. The summed E-state index contributed by atoms with van der Waals surface area (Å²) in [5, 5.41) is 4.05. The summed E-state index contributed by atoms with van der Waals surface area (Å²) in [6, 6.07) is 5.95. The van der Waals surface area contributed by atoms with E-state index in [9.17, 15) is 4.79 Å². The summed E-state index contributed by atoms with van der Waals surface area (Å²) in [7, 11) is 0. The van der Waals surface area contributed by atoms with Crippen LogP contribution in [0.15, 0.2) is 30.9 Å². The van der Waals surface area contributed by atoms with Crippen LogP contribution in [0.25, 0.3) is 0 Å². The highest BCUT2D eigenvalue weighted by Crippen LogP contribution is 2.24. The molecule has 1 aromatic carbocycles. The minimum atomic E-state index is -0.316. The highest BCUT2D eigenvalue weighted by molar-refractivity contribution is 5.80. The number of aryl methyl sites for hydroxylation is 2. The Kier molecular flexibility index (Phi) is 4.83. The molecule has 1 fully saturated rings. The molecule has 1 atom stereocenters. The third-order valence-corrected chi connectivity index (χ3v) is 4.58. The molecule has 2 heterocycles. The average molecular weight is 328 g/mol. The molecule has 1 aromatic heterocycles. The SMILES string of the molecule is Cc1ccc(C)c(OC2CCN(C(=O)C(C)n3cncn3)CC2)c1. The zero-order valence-corrected chi connectivity index (χ0v) is 14.5. The molecule has 1 aliphatic rings. The summed E-state index contributed by atoms with van der Waals surface area (Å²) < 4.78 is 7.76. The molecule has 24 heavy (non-hydrogen) atoms. The molecule has 1 unspecified atom stereocenters. The first kappa shape index (κ1) is 16.5. The number of hydrogen-bond donors (Lipinski definition) is 0. The molecule has 0 bridgehead atoms. The number of benzene rings is 1. The summed E-state index contributed by atoms with van der Waals surface area (Å²) in [5.74, 6) is 1.04. The zero-order valence-electron chi connectivity index (χ0n) is 14.5. The lowest BCUT2D eigenvalue weighted by Crippen LogP contribution is -2.44. The monoisotopic (exact) mass is 328 g/mol. The van der Waals surface area contributed by atoms with E-state index in [1.54, 1.807) is 11.0 Å². The lowest BCUT2D eigenvalue weighted by molar-refractivity contribution is -0.136. The molecule has 0 saturated carbocycles. The van der Waals surface area contributed by atoms with E-state index in [1.165, 1.54) is 11.9 Å². The normalized spacial score (nSPS) is 16.9. The van der Waals surface area contributed by atoms with Crippen LogP contribution in [0.3, 0.4) is 0 Å². The van der Waals surface area contributed by atoms with Gasteiger partial charge in [0.1, 0.15) is 30.5 Å². The largest absolute Gasteiger partial charge is 0.490 e. The molecule has 2 aromatic rings. The summed E-state index contributed by atoms with van der Waals surface area (Å²) in [6.45, 7) is 7.42. The van der Waals surface area contributed by atoms with Crippen LogP contribution in [0.4, 0.5) is 0 Å². The number of piperidine rings is 1. The summed E-state index contributed by atoms with van der Waals surface area (Å²) in [6.07, 6.45) is 4.90. The van der Waals surface area contributed by atoms with E-state index in [0.717, 1.165) is 24.2 Å². The molecule has 1 aliphatic heterocycles. The van der Waals surface area contributed by atoms with Crippen molar-refractivity contribution in [3.8, 4) is 5.75 Å². The van der Waals surface area contributed by atoms with Gasteiger partial charge in [0, 0.05) is 25.9 Å². The quantitative estimate of drug-likeness (QED) is 0.865. The molecular formula is C18H24N4O2. The van der Waals surface area contributed by atoms with Gasteiger partial charge in [0.25, 0.3) is 0 Å². The summed E-state index contributed by atoms with van der Waals surface area (Å²) in [4.78, 5) is 18.4. The summed E-state index contributed by atoms with van der Waals surface area (Å²) in [5.41, 5.74) is 2.35. The molecule has 3 rings (SSSR count). The molecule has 0 aliphatic carbocycles. The van der Waals surface area contributed by atoms with Crippen LogP contribution in [-0.4, -0.2) is 44.8 Å². The minimum Gasteiger partial charge on any atom is -0.490 e. The number of carbonyl (C=O) groups is 1. The fraction of sp³-hybridized carbons (Fsp3) is 0.500. The first-order valence-corrected chi connectivity index (χ1v) is 8.41. The third-order valence-electron chi connectivity index (χ3n) is 4.58. The number of hydrogen-bond acceptors (Lipinski definition) is 4. The maximum Gasteiger partial charge on any atom is 0.247 e. The second kappa shape index (κ2) is 7.03. The molecule has 6 heteroatoms. The van der Waals surface area contributed by atoms with Crippen molar-refractivity contribution in [2.45, 2.75) is 45.8 Å². The maximum atomic E-state index is 12.6. The van der Waals surface area contributed by atoms with Gasteiger partial charge < -0.3 is 9.64 Å². The Labute approximate surface area is 142 Å². The molecule has 0 N–H and O–H groups in total. The molecule has 1 amide bonds. The van der Waals surface area contributed by atoms with Gasteiger partial charge in [0.15, 0.2) is 0 Å². The Balaban J connectivity index is 1.56. The van der Waals surface area contributed by atoms with Crippen molar-refractivity contribution in [2.75, 3.05) is 13.1 Å². The van der Waals surface area contributed by atoms with Gasteiger partial charge in [0.2, 0.25) is 5.91 Å². The molecule has 1 saturated heterocycles. The molecule has 6 nitrogen and oxygen atoms in total. The van der Waals surface area contributed by atoms with Crippen molar-refractivity contribution >= 4 is 5.91 Å². The first-order chi connectivity index (χ1) is 11.5. The van der Waals surface area contributed by atoms with Crippen LogP contribution in [-0.2, 0) is 4.79 Å². The number of nitrogens with zero attached hydrogens (tertiary/aromatic N) is 4. The Morgan fingerprint density at radius 2 is 2.04 bits per heavy atom. The van der Waals surface area contributed by atoms with E-state index < -0.39 is 0 Å². The van der Waals surface area contributed by atoms with Crippen LogP contribution in [0.1, 0.15) is 36.9 Å². The third kappa shape index (κ3) is 3.58. The fourth-order valence-electron chi connectivity index (χ4n) is 3.00. The molecule has 0 radical (unpaired) electrons. The van der Waals surface area contributed by atoms with Crippen LogP contribution >= 0.6 is 0 Å².